The van der Waals surface area contributed by atoms with Crippen LogP contribution in [0.2, 0.25) is 0 Å². The molecule has 4 aliphatic rings. The van der Waals surface area contributed by atoms with Gasteiger partial charge in [-0.15, -0.1) is 58.8 Å². The Hall–Kier alpha value is 1.71. The monoisotopic (exact) mass is 326 g/mol. The maximum absolute atomic E-state index is 10.7. The normalized spacial score (nSPS) is 57.5. The van der Waals surface area contributed by atoms with Crippen LogP contribution in [-0.4, -0.2) is 25.7 Å². The van der Waals surface area contributed by atoms with Gasteiger partial charge in [-0.25, -0.2) is 0 Å². The summed E-state index contributed by atoms with van der Waals surface area (Å²) >= 11 is 10.2. The molecule has 0 amide bonds. The first-order chi connectivity index (χ1) is 7.49. The summed E-state index contributed by atoms with van der Waals surface area (Å²) in [7, 11) is 0. The number of hydrogen-bond donors (Lipinski definition) is 1. The van der Waals surface area contributed by atoms with E-state index in [0.717, 1.165) is 6.42 Å². The Balaban J connectivity index is 2.10. The molecule has 4 heterocycles. The van der Waals surface area contributed by atoms with E-state index in [2.05, 4.69) is 56.1 Å². The van der Waals surface area contributed by atoms with E-state index in [1.807, 2.05) is 37.4 Å². The van der Waals surface area contributed by atoms with Crippen molar-refractivity contribution in [2.24, 2.45) is 0 Å². The van der Waals surface area contributed by atoms with E-state index >= 15 is 0 Å². The Morgan fingerprint density at radius 3 is 1.71 bits per heavy atom. The van der Waals surface area contributed by atoms with E-state index < -0.39 is 5.60 Å². The molecule has 0 aromatic heterocycles. The molecule has 4 atom stereocenters. The minimum absolute atomic E-state index is 0.0486. The van der Waals surface area contributed by atoms with Gasteiger partial charge in [-0.05, 0) is 41.0 Å². The molecule has 4 bridgehead atoms. The average Bonchev–Trinajstić information content (AvgIpc) is 1.89. The highest BCUT2D eigenvalue weighted by atomic mass is 32.3. The fourth-order valence-corrected chi connectivity index (χ4v) is 19.7. The molecule has 4 fully saturated rings. The summed E-state index contributed by atoms with van der Waals surface area (Å²) in [6, 6.07) is 0. The molecule has 0 aliphatic carbocycles. The van der Waals surface area contributed by atoms with Crippen molar-refractivity contribution in [2.45, 2.75) is 61.6 Å². The fraction of sp³-hybridized carbons (Fsp3) is 1.00. The van der Waals surface area contributed by atoms with Gasteiger partial charge < -0.3 is 5.11 Å². The van der Waals surface area contributed by atoms with E-state index in [4.69, 9.17) is 0 Å². The first-order valence-electron chi connectivity index (χ1n) is 5.72. The second-order valence-corrected chi connectivity index (χ2v) is 17.0. The van der Waals surface area contributed by atoms with Gasteiger partial charge in [0.2, 0.25) is 0 Å². The molecule has 4 saturated heterocycles. The summed E-state index contributed by atoms with van der Waals surface area (Å²) in [5, 5.41) is 10.7. The molecule has 4 rings (SSSR count). The largest absolute Gasteiger partial charge is 0.388 e. The van der Waals surface area contributed by atoms with Crippen molar-refractivity contribution in [3.8, 4) is 0 Å². The van der Waals surface area contributed by atoms with E-state index in [-0.39, 0.29) is 15.0 Å². The molecular formula is C11H18OS5. The third-order valence-corrected chi connectivity index (χ3v) is 12.7. The predicted octanol–water partition coefficient (Wildman–Crippen LogP) is 4.61. The Bertz CT molecular complexity index is 323. The van der Waals surface area contributed by atoms with Crippen LogP contribution in [0.15, 0.2) is 0 Å². The van der Waals surface area contributed by atoms with Gasteiger partial charge in [-0.2, -0.15) is 0 Å². The highest BCUT2D eigenvalue weighted by Crippen LogP contribution is 2.86. The van der Waals surface area contributed by atoms with Crippen LogP contribution in [-0.2, 0) is 0 Å². The zero-order valence-corrected chi connectivity index (χ0v) is 14.8. The molecule has 17 heavy (non-hydrogen) atoms. The lowest BCUT2D eigenvalue weighted by molar-refractivity contribution is 0.0626. The Labute approximate surface area is 125 Å². The minimum atomic E-state index is -0.630. The van der Waals surface area contributed by atoms with Crippen molar-refractivity contribution in [1.82, 2.24) is 0 Å². The summed E-state index contributed by atoms with van der Waals surface area (Å²) in [5.74, 6) is 0. The molecule has 4 aliphatic heterocycles. The molecule has 0 saturated carbocycles. The highest BCUT2D eigenvalue weighted by Gasteiger charge is 2.71. The van der Waals surface area contributed by atoms with Gasteiger partial charge in [-0.3, -0.25) is 0 Å². The highest BCUT2D eigenvalue weighted by molar-refractivity contribution is 8.54. The topological polar surface area (TPSA) is 20.2 Å². The summed E-state index contributed by atoms with van der Waals surface area (Å²) in [4.78, 5) is 0. The Morgan fingerprint density at radius 1 is 0.882 bits per heavy atom. The van der Waals surface area contributed by atoms with Crippen LogP contribution in [0, 0.1) is 0 Å². The molecule has 0 aromatic rings. The second-order valence-electron chi connectivity index (χ2n) is 5.86. The molecule has 1 N–H and O–H groups in total. The van der Waals surface area contributed by atoms with E-state index in [9.17, 15) is 5.11 Å². The van der Waals surface area contributed by atoms with Crippen molar-refractivity contribution in [2.75, 3.05) is 0 Å². The van der Waals surface area contributed by atoms with E-state index in [1.165, 1.54) is 0 Å². The van der Waals surface area contributed by atoms with Crippen LogP contribution in [0.25, 0.3) is 0 Å². The van der Waals surface area contributed by atoms with Crippen LogP contribution in [0.5, 0.6) is 0 Å². The van der Waals surface area contributed by atoms with Crippen LogP contribution in [0.1, 0.15) is 41.0 Å². The van der Waals surface area contributed by atoms with Gasteiger partial charge in [0.25, 0.3) is 0 Å². The van der Waals surface area contributed by atoms with E-state index in [0.29, 0.717) is 0 Å². The van der Waals surface area contributed by atoms with Crippen LogP contribution < -0.4 is 0 Å². The van der Waals surface area contributed by atoms with Crippen LogP contribution in [0.4, 0.5) is 0 Å². The Kier molecular flexibility index (Phi) is 2.80. The quantitative estimate of drug-likeness (QED) is 0.753. The maximum Gasteiger partial charge on any atom is 0.109 e. The summed E-state index contributed by atoms with van der Waals surface area (Å²) in [5.41, 5.74) is -0.630. The van der Waals surface area contributed by atoms with Gasteiger partial charge in [0.1, 0.15) is 6.82 Å². The maximum atomic E-state index is 10.7. The van der Waals surface area contributed by atoms with Crippen molar-refractivity contribution in [3.05, 3.63) is 0 Å². The SMILES string of the molecule is CC12CC3(C(C)(C)O)S[C@](C)(S1)S[C@](C)(S2)S3. The van der Waals surface area contributed by atoms with Gasteiger partial charge in [0.15, 0.2) is 0 Å². The van der Waals surface area contributed by atoms with Crippen LogP contribution >= 0.6 is 58.8 Å². The molecule has 98 valence electrons. The standard InChI is InChI=1S/C11H18OS5/c1-7(2,12)11-6-8(3)13-9(4,16-11)15-10(5,14-8)17-11/h12H,6H2,1-5H3/t8?,9-,10+,11?. The molecule has 0 aromatic carbocycles. The number of thioether (sulfide) groups is 5. The molecule has 0 spiro atoms. The zero-order valence-electron chi connectivity index (χ0n) is 10.7. The second kappa shape index (κ2) is 3.48. The molecule has 1 nitrogen and oxygen atoms in total. The van der Waals surface area contributed by atoms with Gasteiger partial charge in [-0.1, -0.05) is 0 Å². The van der Waals surface area contributed by atoms with Crippen molar-refractivity contribution in [3.63, 3.8) is 0 Å². The lowest BCUT2D eigenvalue weighted by atomic mass is 9.99. The lowest BCUT2D eigenvalue weighted by Gasteiger charge is -2.68. The Morgan fingerprint density at radius 2 is 1.35 bits per heavy atom. The number of aliphatic hydroxyl groups is 1. The lowest BCUT2D eigenvalue weighted by Crippen LogP contribution is -2.61. The molecular weight excluding hydrogens is 308 g/mol. The summed E-state index contributed by atoms with van der Waals surface area (Å²) in [6.45, 7) is 11.0. The van der Waals surface area contributed by atoms with Gasteiger partial charge in [0.05, 0.1) is 13.8 Å². The van der Waals surface area contributed by atoms with Crippen molar-refractivity contribution >= 4 is 58.8 Å². The fourth-order valence-electron chi connectivity index (χ4n) is 2.92. The summed E-state index contributed by atoms with van der Waals surface area (Å²) < 4.78 is 0.592. The third-order valence-electron chi connectivity index (χ3n) is 3.36. The molecule has 6 heteroatoms. The number of hydrogen-bond acceptors (Lipinski definition) is 6. The van der Waals surface area contributed by atoms with E-state index in [1.54, 1.807) is 0 Å². The summed E-state index contributed by atoms with van der Waals surface area (Å²) in [6.07, 6.45) is 1.08. The van der Waals surface area contributed by atoms with Crippen LogP contribution in [0.3, 0.4) is 0 Å². The number of rotatable bonds is 1. The first kappa shape index (κ1) is 13.7. The molecule has 2 unspecified atom stereocenters. The predicted molar refractivity (Wildman–Crippen MR) is 86.8 cm³/mol. The van der Waals surface area contributed by atoms with Gasteiger partial charge in [0, 0.05) is 0 Å². The van der Waals surface area contributed by atoms with Crippen molar-refractivity contribution < 1.29 is 5.11 Å². The molecule has 0 radical (unpaired) electrons. The average molecular weight is 327 g/mol. The minimum Gasteiger partial charge on any atom is -0.388 e. The smallest absolute Gasteiger partial charge is 0.109 e. The zero-order chi connectivity index (χ0) is 12.7. The third kappa shape index (κ3) is 2.00. The first-order valence-corrected chi connectivity index (χ1v) is 9.80. The van der Waals surface area contributed by atoms with Crippen molar-refractivity contribution in [1.29, 1.82) is 0 Å². The van der Waals surface area contributed by atoms with Gasteiger partial charge >= 0.3 is 0 Å².